The summed E-state index contributed by atoms with van der Waals surface area (Å²) in [6, 6.07) is 23.2. The number of nitrogens with zero attached hydrogens (tertiary/aromatic N) is 5. The summed E-state index contributed by atoms with van der Waals surface area (Å²) in [5.41, 5.74) is 3.39. The van der Waals surface area contributed by atoms with Gasteiger partial charge in [0.15, 0.2) is 5.82 Å². The number of fused-ring (bicyclic) bond motifs is 1. The molecule has 0 N–H and O–H groups in total. The number of rotatable bonds is 5. The van der Waals surface area contributed by atoms with Gasteiger partial charge in [0.25, 0.3) is 5.56 Å². The molecule has 3 aromatic carbocycles. The Bertz CT molecular complexity index is 1810. The van der Waals surface area contributed by atoms with E-state index in [1.165, 1.54) is 28.0 Å². The molecule has 6 rings (SSSR count). The second kappa shape index (κ2) is 8.86. The molecule has 6 aromatic rings. The maximum atomic E-state index is 13.6. The van der Waals surface area contributed by atoms with Crippen LogP contribution in [-0.4, -0.2) is 31.5 Å². The number of para-hydroxylation sites is 2. The van der Waals surface area contributed by atoms with Gasteiger partial charge in [-0.1, -0.05) is 41.7 Å². The zero-order valence-corrected chi connectivity index (χ0v) is 19.8. The molecule has 0 saturated carbocycles. The van der Waals surface area contributed by atoms with Crippen molar-refractivity contribution in [3.05, 3.63) is 111 Å². The van der Waals surface area contributed by atoms with Crippen LogP contribution in [0.25, 0.3) is 39.4 Å². The molecule has 0 spiro atoms. The van der Waals surface area contributed by atoms with E-state index < -0.39 is 0 Å². The molecule has 0 bridgehead atoms. The number of thiazole rings is 1. The first-order chi connectivity index (χ1) is 17.6. The van der Waals surface area contributed by atoms with Crippen molar-refractivity contribution < 1.29 is 9.13 Å². The number of aromatic nitrogens is 5. The molecule has 0 atom stereocenters. The van der Waals surface area contributed by atoms with Gasteiger partial charge in [-0.2, -0.15) is 14.6 Å². The molecular weight excluding hydrogens is 477 g/mol. The van der Waals surface area contributed by atoms with Gasteiger partial charge in [0.2, 0.25) is 4.96 Å². The smallest absolute Gasteiger partial charge is 0.291 e. The fraction of sp³-hybridized carbons (Fsp3) is 0.0370. The molecule has 0 aliphatic heterocycles. The molecule has 176 valence electrons. The number of hydrogen-bond donors (Lipinski definition) is 0. The van der Waals surface area contributed by atoms with Gasteiger partial charge in [-0.3, -0.25) is 4.79 Å². The molecule has 0 radical (unpaired) electrons. The lowest BCUT2D eigenvalue weighted by molar-refractivity contribution is 0.416. The maximum absolute atomic E-state index is 13.6. The summed E-state index contributed by atoms with van der Waals surface area (Å²) in [4.78, 5) is 18.3. The van der Waals surface area contributed by atoms with Crippen molar-refractivity contribution in [3.8, 4) is 34.1 Å². The number of methoxy groups -OCH3 is 1. The highest BCUT2D eigenvalue weighted by molar-refractivity contribution is 7.15. The third-order valence-corrected chi connectivity index (χ3v) is 6.66. The fourth-order valence-electron chi connectivity index (χ4n) is 3.96. The normalized spacial score (nSPS) is 11.9. The maximum Gasteiger partial charge on any atom is 0.291 e. The van der Waals surface area contributed by atoms with E-state index in [0.717, 1.165) is 16.8 Å². The molecule has 0 amide bonds. The van der Waals surface area contributed by atoms with E-state index in [1.54, 1.807) is 30.0 Å². The number of ether oxygens (including phenoxy) is 1. The van der Waals surface area contributed by atoms with Crippen molar-refractivity contribution in [2.45, 2.75) is 0 Å². The monoisotopic (exact) mass is 495 g/mol. The molecule has 0 unspecified atom stereocenters. The molecule has 7 nitrogen and oxygen atoms in total. The van der Waals surface area contributed by atoms with Crippen LogP contribution in [0.5, 0.6) is 5.75 Å². The fourth-order valence-corrected chi connectivity index (χ4v) is 4.86. The van der Waals surface area contributed by atoms with E-state index in [2.05, 4.69) is 10.1 Å². The second-order valence-electron chi connectivity index (χ2n) is 7.97. The molecule has 0 aliphatic rings. The van der Waals surface area contributed by atoms with Crippen LogP contribution in [0.4, 0.5) is 4.39 Å². The summed E-state index contributed by atoms with van der Waals surface area (Å²) in [5.74, 6) is 0.725. The van der Waals surface area contributed by atoms with Gasteiger partial charge in [-0.05, 0) is 54.6 Å². The van der Waals surface area contributed by atoms with Crippen molar-refractivity contribution in [2.24, 2.45) is 0 Å². The molecule has 0 fully saturated rings. The molecule has 3 heterocycles. The average molecular weight is 496 g/mol. The number of halogens is 1. The van der Waals surface area contributed by atoms with Gasteiger partial charge in [0.1, 0.15) is 17.3 Å². The zero-order valence-electron chi connectivity index (χ0n) is 19.0. The van der Waals surface area contributed by atoms with Crippen LogP contribution in [0.3, 0.4) is 0 Å². The van der Waals surface area contributed by atoms with E-state index in [1.807, 2.05) is 60.8 Å². The first kappa shape index (κ1) is 21.9. The second-order valence-corrected chi connectivity index (χ2v) is 8.98. The Balaban J connectivity index is 1.49. The Morgan fingerprint density at radius 2 is 1.69 bits per heavy atom. The lowest BCUT2D eigenvalue weighted by atomic mass is 10.1. The average Bonchev–Trinajstić information content (AvgIpc) is 3.60. The van der Waals surface area contributed by atoms with E-state index in [0.29, 0.717) is 32.3 Å². The van der Waals surface area contributed by atoms with Crippen molar-refractivity contribution in [1.82, 2.24) is 24.4 Å². The highest BCUT2D eigenvalue weighted by Gasteiger charge is 2.16. The van der Waals surface area contributed by atoms with Crippen LogP contribution in [0.2, 0.25) is 0 Å². The van der Waals surface area contributed by atoms with Crippen molar-refractivity contribution in [1.29, 1.82) is 0 Å². The molecule has 0 saturated heterocycles. The molecular formula is C27H18FN5O2S. The summed E-state index contributed by atoms with van der Waals surface area (Å²) in [7, 11) is 1.58. The van der Waals surface area contributed by atoms with Crippen LogP contribution in [0.15, 0.2) is 89.9 Å². The third-order valence-electron chi connectivity index (χ3n) is 5.70. The Morgan fingerprint density at radius 3 is 2.44 bits per heavy atom. The predicted molar refractivity (Wildman–Crippen MR) is 137 cm³/mol. The predicted octanol–water partition coefficient (Wildman–Crippen LogP) is 4.37. The minimum Gasteiger partial charge on any atom is -0.496 e. The van der Waals surface area contributed by atoms with Gasteiger partial charge < -0.3 is 4.74 Å². The van der Waals surface area contributed by atoms with E-state index in [4.69, 9.17) is 9.84 Å². The summed E-state index contributed by atoms with van der Waals surface area (Å²) >= 11 is 1.24. The highest BCUT2D eigenvalue weighted by atomic mass is 32.1. The van der Waals surface area contributed by atoms with Crippen LogP contribution in [-0.2, 0) is 0 Å². The lowest BCUT2D eigenvalue weighted by Gasteiger charge is -2.03. The van der Waals surface area contributed by atoms with Crippen LogP contribution in [0, 0.1) is 5.82 Å². The van der Waals surface area contributed by atoms with Crippen molar-refractivity contribution in [2.75, 3.05) is 7.11 Å². The van der Waals surface area contributed by atoms with Crippen molar-refractivity contribution >= 4 is 22.4 Å². The van der Waals surface area contributed by atoms with Crippen molar-refractivity contribution in [3.63, 3.8) is 0 Å². The molecule has 0 aliphatic carbocycles. The van der Waals surface area contributed by atoms with E-state index >= 15 is 0 Å². The molecule has 9 heteroatoms. The SMILES string of the molecule is COc1ccccc1-c1nc2sc(=Cc3cn(-c4ccccc4)nc3-c3ccc(F)cc3)c(=O)n2n1. The van der Waals surface area contributed by atoms with Gasteiger partial charge in [0.05, 0.1) is 22.9 Å². The van der Waals surface area contributed by atoms with Gasteiger partial charge >= 0.3 is 0 Å². The Hall–Kier alpha value is -4.63. The highest BCUT2D eigenvalue weighted by Crippen LogP contribution is 2.28. The largest absolute Gasteiger partial charge is 0.496 e. The molecule has 3 aromatic heterocycles. The Kier molecular flexibility index (Phi) is 5.38. The molecule has 36 heavy (non-hydrogen) atoms. The van der Waals surface area contributed by atoms with Gasteiger partial charge in [-0.15, -0.1) is 5.10 Å². The minimum atomic E-state index is -0.329. The van der Waals surface area contributed by atoms with Crippen LogP contribution in [0.1, 0.15) is 5.56 Å². The first-order valence-electron chi connectivity index (χ1n) is 11.1. The zero-order chi connectivity index (χ0) is 24.6. The standard InChI is InChI=1S/C27H18FN5O2S/c1-35-22-10-6-5-9-21(22)25-29-27-33(31-25)26(34)23(36-27)15-18-16-32(20-7-3-2-4-8-20)30-24(18)17-11-13-19(28)14-12-17/h2-16H,1H3. The minimum absolute atomic E-state index is 0.277. The van der Waals surface area contributed by atoms with Gasteiger partial charge in [-0.25, -0.2) is 9.07 Å². The number of hydrogen-bond acceptors (Lipinski definition) is 6. The first-order valence-corrected chi connectivity index (χ1v) is 11.9. The summed E-state index contributed by atoms with van der Waals surface area (Å²) in [5, 5.41) is 9.17. The quantitative estimate of drug-likeness (QED) is 0.355. The van der Waals surface area contributed by atoms with Crippen LogP contribution < -0.4 is 14.8 Å². The number of benzene rings is 3. The summed E-state index contributed by atoms with van der Waals surface area (Å²) in [6.45, 7) is 0. The van der Waals surface area contributed by atoms with E-state index in [-0.39, 0.29) is 11.4 Å². The Morgan fingerprint density at radius 1 is 0.944 bits per heavy atom. The summed E-state index contributed by atoms with van der Waals surface area (Å²) < 4.78 is 22.5. The van der Waals surface area contributed by atoms with E-state index in [9.17, 15) is 9.18 Å². The van der Waals surface area contributed by atoms with Gasteiger partial charge in [0, 0.05) is 17.3 Å². The summed E-state index contributed by atoms with van der Waals surface area (Å²) in [6.07, 6.45) is 3.63. The Labute approximate surface area is 208 Å². The van der Waals surface area contributed by atoms with Crippen LogP contribution >= 0.6 is 11.3 Å². The lowest BCUT2D eigenvalue weighted by Crippen LogP contribution is -2.23. The topological polar surface area (TPSA) is 74.3 Å². The third kappa shape index (κ3) is 3.85.